The van der Waals surface area contributed by atoms with Gasteiger partial charge in [-0.15, -0.1) is 0 Å². The fourth-order valence-corrected chi connectivity index (χ4v) is 9.49. The Bertz CT molecular complexity index is 2490. The predicted octanol–water partition coefficient (Wildman–Crippen LogP) is 7.15. The molecule has 20 heteroatoms. The highest BCUT2D eigenvalue weighted by molar-refractivity contribution is 5.94. The summed E-state index contributed by atoms with van der Waals surface area (Å²) in [5, 5.41) is 47.0. The molecule has 0 radical (unpaired) electrons. The van der Waals surface area contributed by atoms with E-state index in [1.807, 2.05) is 99.0 Å². The molecule has 2 aromatic carbocycles. The molecule has 76 heavy (non-hydrogen) atoms. The van der Waals surface area contributed by atoms with Crippen molar-refractivity contribution >= 4 is 35.6 Å². The number of hydrogen-bond acceptors (Lipinski definition) is 14. The molecule has 0 fully saturated rings. The van der Waals surface area contributed by atoms with Crippen LogP contribution in [0.4, 0.5) is 21.2 Å². The molecule has 0 spiro atoms. The molecule has 2 aromatic heterocycles. The van der Waals surface area contributed by atoms with E-state index in [0.29, 0.717) is 64.2 Å². The van der Waals surface area contributed by atoms with Gasteiger partial charge in [0.2, 0.25) is 0 Å². The van der Waals surface area contributed by atoms with Gasteiger partial charge in [0.1, 0.15) is 23.8 Å². The number of H-pyrrole nitrogens is 2. The summed E-state index contributed by atoms with van der Waals surface area (Å²) in [4.78, 5) is 63.6. The van der Waals surface area contributed by atoms with Gasteiger partial charge in [-0.05, 0) is 30.4 Å². The van der Waals surface area contributed by atoms with Gasteiger partial charge < -0.3 is 60.6 Å². The molecule has 6 rings (SSSR count). The monoisotopic (exact) mass is 1050 g/mol. The second kappa shape index (κ2) is 27.1. The maximum absolute atomic E-state index is 14.1. The highest BCUT2D eigenvalue weighted by Crippen LogP contribution is 2.34. The Hall–Kier alpha value is -7.06. The lowest BCUT2D eigenvalue weighted by Gasteiger charge is -2.41. The molecule has 2 aliphatic rings. The Morgan fingerprint density at radius 2 is 1.13 bits per heavy atom. The second-order valence-corrected chi connectivity index (χ2v) is 22.3. The lowest BCUT2D eigenvalue weighted by atomic mass is 9.82. The molecule has 2 aliphatic heterocycles. The number of allylic oxidation sites excluding steroid dienone is 2. The Morgan fingerprint density at radius 1 is 0.645 bits per heavy atom. The van der Waals surface area contributed by atoms with Crippen LogP contribution in [0.5, 0.6) is 0 Å². The Morgan fingerprint density at radius 3 is 1.62 bits per heavy atom. The molecule has 4 heterocycles. The lowest BCUT2D eigenvalue weighted by molar-refractivity contribution is -0.126. The summed E-state index contributed by atoms with van der Waals surface area (Å²) in [5.74, 6) is -0.845. The summed E-state index contributed by atoms with van der Waals surface area (Å²) in [6.07, 6.45) is 5.91. The van der Waals surface area contributed by atoms with Crippen molar-refractivity contribution in [3.63, 3.8) is 0 Å². The summed E-state index contributed by atoms with van der Waals surface area (Å²) in [5.41, 5.74) is 3.46. The van der Waals surface area contributed by atoms with E-state index < -0.39 is 77.4 Å². The molecular formula is C56H82N12O8. The molecule has 8 N–H and O–H groups in total. The molecule has 20 nitrogen and oxygen atoms in total. The van der Waals surface area contributed by atoms with Crippen LogP contribution in [0, 0.1) is 10.8 Å². The number of aliphatic hydroxyl groups is 2. The number of ether oxygens (including phenoxy) is 2. The first-order valence-electron chi connectivity index (χ1n) is 26.5. The zero-order valence-corrected chi connectivity index (χ0v) is 45.8. The van der Waals surface area contributed by atoms with Crippen LogP contribution in [0.25, 0.3) is 0 Å². The number of nitrogens with one attached hydrogen (secondary N) is 6. The first-order valence-corrected chi connectivity index (χ1v) is 26.5. The number of likely N-dealkylation sites (N-methyl/N-ethyl adjacent to an activating group) is 2. The molecule has 0 bridgehead atoms. The Kier molecular flexibility index (Phi) is 20.8. The largest absolute Gasteiger partial charge is 0.444 e. The molecule has 0 saturated heterocycles. The van der Waals surface area contributed by atoms with E-state index in [-0.39, 0.29) is 12.2 Å². The number of alkyl carbamates (subject to hydrolysis) is 2. The summed E-state index contributed by atoms with van der Waals surface area (Å²) >= 11 is 0. The third kappa shape index (κ3) is 17.2. The van der Waals surface area contributed by atoms with Crippen molar-refractivity contribution in [3.05, 3.63) is 120 Å². The summed E-state index contributed by atoms with van der Waals surface area (Å²) in [7, 11) is 4.07. The maximum Gasteiger partial charge on any atom is 0.407 e. The quantitative estimate of drug-likeness (QED) is 0.0291. The molecule has 1 unspecified atom stereocenters. The molecule has 414 valence electrons. The first-order chi connectivity index (χ1) is 36.2. The Balaban J connectivity index is 1.19. The van der Waals surface area contributed by atoms with Crippen LogP contribution in [0.1, 0.15) is 105 Å². The van der Waals surface area contributed by atoms with Crippen molar-refractivity contribution in [2.45, 2.75) is 149 Å². The average molecular weight is 1050 g/mol. The molecule has 7 atom stereocenters. The summed E-state index contributed by atoms with van der Waals surface area (Å²) in [6, 6.07) is 21.1. The first kappa shape index (κ1) is 58.2. The molecule has 0 saturated carbocycles. The zero-order valence-electron chi connectivity index (χ0n) is 45.8. The molecule has 0 aliphatic carbocycles. The van der Waals surface area contributed by atoms with Crippen LogP contribution >= 0.6 is 0 Å². The number of aromatic amines is 2. The van der Waals surface area contributed by atoms with Crippen molar-refractivity contribution in [2.75, 3.05) is 44.6 Å². The van der Waals surface area contributed by atoms with E-state index in [1.165, 1.54) is 18.0 Å². The number of aliphatic hydroxyl groups excluding tert-OH is 2. The van der Waals surface area contributed by atoms with Crippen LogP contribution in [-0.4, -0.2) is 151 Å². The van der Waals surface area contributed by atoms with Gasteiger partial charge >= 0.3 is 12.2 Å². The molecule has 4 amide bonds. The number of rotatable bonds is 26. The normalized spacial score (nSPS) is 16.7. The van der Waals surface area contributed by atoms with Crippen molar-refractivity contribution in [1.29, 1.82) is 0 Å². The van der Waals surface area contributed by atoms with Gasteiger partial charge in [0.25, 0.3) is 11.8 Å². The number of unbranched alkanes of at least 4 members (excludes halogenated alkanes) is 2. The average Bonchev–Trinajstić information content (AvgIpc) is 4.22. The number of amides is 4. The number of aromatic nitrogens is 4. The zero-order chi connectivity index (χ0) is 55.0. The predicted molar refractivity (Wildman–Crippen MR) is 292 cm³/mol. The van der Waals surface area contributed by atoms with Gasteiger partial charge in [-0.2, -0.15) is 10.2 Å². The van der Waals surface area contributed by atoms with Gasteiger partial charge in [0.15, 0.2) is 12.2 Å². The third-order valence-electron chi connectivity index (χ3n) is 13.9. The van der Waals surface area contributed by atoms with Gasteiger partial charge in [-0.1, -0.05) is 135 Å². The molecule has 4 aromatic rings. The maximum atomic E-state index is 14.1. The number of anilines is 2. The van der Waals surface area contributed by atoms with Crippen molar-refractivity contribution < 1.29 is 38.9 Å². The van der Waals surface area contributed by atoms with Crippen LogP contribution in [0.2, 0.25) is 0 Å². The van der Waals surface area contributed by atoms with Gasteiger partial charge in [0.05, 0.1) is 50.4 Å². The summed E-state index contributed by atoms with van der Waals surface area (Å²) in [6.45, 7) is 15.5. The summed E-state index contributed by atoms with van der Waals surface area (Å²) < 4.78 is 12.6. The third-order valence-corrected chi connectivity index (χ3v) is 13.9. The minimum absolute atomic E-state index is 0.191. The van der Waals surface area contributed by atoms with E-state index in [4.69, 9.17) is 9.47 Å². The lowest BCUT2D eigenvalue weighted by Crippen LogP contribution is -2.54. The Labute approximate surface area is 448 Å². The number of carbonyl (C=O) groups excluding carboxylic acids is 4. The van der Waals surface area contributed by atoms with Gasteiger partial charge in [-0.25, -0.2) is 9.59 Å². The number of hydrogen-bond donors (Lipinski definition) is 8. The van der Waals surface area contributed by atoms with E-state index >= 15 is 0 Å². The second-order valence-electron chi connectivity index (χ2n) is 22.3. The molecular weight excluding hydrogens is 969 g/mol. The van der Waals surface area contributed by atoms with Gasteiger partial charge in [0, 0.05) is 73.7 Å². The minimum Gasteiger partial charge on any atom is -0.444 e. The van der Waals surface area contributed by atoms with Crippen molar-refractivity contribution in [3.8, 4) is 0 Å². The van der Waals surface area contributed by atoms with E-state index in [2.05, 4.69) is 97.9 Å². The van der Waals surface area contributed by atoms with Crippen LogP contribution in [0.15, 0.2) is 109 Å². The highest BCUT2D eigenvalue weighted by atomic mass is 16.6. The number of carbonyl (C=O) groups is 4. The smallest absolute Gasteiger partial charge is 0.407 e. The highest BCUT2D eigenvalue weighted by Gasteiger charge is 2.41. The topological polar surface area (TPSA) is 246 Å². The van der Waals surface area contributed by atoms with E-state index in [9.17, 15) is 29.4 Å². The standard InChI is InChI=1S/C56H82N12O8/c1-10-11-24-42(48(69)51(71)61-46-27-29-57-63-46)60-54(74)76-50(56(5,6)7)44(68-34-41(66(9)37-68)32-39-22-16-13-17-23-39)26-19-18-25-43(49(70)52(72)62-47-28-30-58-64-47)59-53(73)75-45(55(2,3)4)35-67-33-40(65(8)36-67)31-38-20-14-12-15-21-38/h12-17,20-23,27-30,33-34,42-45,48-50,69-70H,10-11,18-19,24-26,31-32,35-37H2,1-9H3,(H,59,73)(H,60,74)(H2,57,61,63,71)(H2,58,62,64,72)/t42-,43-,44?,45+,48-,49+,50+/m0/s1. The van der Waals surface area contributed by atoms with Gasteiger partial charge in [-0.3, -0.25) is 19.8 Å². The van der Waals surface area contributed by atoms with Crippen LogP contribution in [0.3, 0.4) is 0 Å². The fourth-order valence-electron chi connectivity index (χ4n) is 9.49. The van der Waals surface area contributed by atoms with E-state index in [0.717, 1.165) is 29.8 Å². The van der Waals surface area contributed by atoms with Crippen LogP contribution < -0.4 is 21.3 Å². The van der Waals surface area contributed by atoms with E-state index in [1.54, 1.807) is 12.1 Å². The SMILES string of the molecule is CCCC[C@H](NC(=O)O[C@H](C(CCCC[C@H](NC(=O)O[C@H](CN1C=C(Cc2ccccc2)N(C)C1)C(C)(C)C)[C@@H](O)C(=O)Nc1ccn[nH]1)N1C=C(Cc2ccccc2)N(C)C1)C(C)(C)C)[C@H](O)C(=O)Nc1ccn[nH]1. The number of benzene rings is 2. The van der Waals surface area contributed by atoms with Crippen LogP contribution in [-0.2, 0) is 31.9 Å². The minimum atomic E-state index is -1.67. The van der Waals surface area contributed by atoms with Crippen molar-refractivity contribution in [2.24, 2.45) is 10.8 Å². The number of nitrogens with zero attached hydrogens (tertiary/aromatic N) is 6. The van der Waals surface area contributed by atoms with Crippen molar-refractivity contribution in [1.82, 2.24) is 50.6 Å². The fraction of sp³-hybridized carbons (Fsp3) is 0.536.